The van der Waals surface area contributed by atoms with Crippen molar-refractivity contribution in [2.24, 2.45) is 16.7 Å². The second-order valence-corrected chi connectivity index (χ2v) is 14.1. The summed E-state index contributed by atoms with van der Waals surface area (Å²) in [6.07, 6.45) is 4.80. The number of carboxylic acids is 1. The van der Waals surface area contributed by atoms with E-state index in [0.717, 1.165) is 16.7 Å². The maximum Gasteiger partial charge on any atom is 0.407 e. The Balaban J connectivity index is 1.21. The number of nitrogens with zero attached hydrogens (tertiary/aromatic N) is 1. The number of aliphatic carboxylic acids is 1. The SMILES string of the molecule is CC1CC=C(c2cc3ccc4c(c3[nH]c2=O)OCO4)C=C1OCC(C)(C)COC(=O)N[C@H](C(=O)N1CCC[C@H]1C(=O)O)C(C)(C)C. The Bertz CT molecular complexity index is 1650. The van der Waals surface area contributed by atoms with Crippen LogP contribution in [0.25, 0.3) is 16.5 Å². The van der Waals surface area contributed by atoms with Crippen molar-refractivity contribution in [2.45, 2.75) is 72.9 Å². The maximum atomic E-state index is 13.3. The van der Waals surface area contributed by atoms with Crippen molar-refractivity contribution < 1.29 is 38.4 Å². The average molecular weight is 638 g/mol. The maximum absolute atomic E-state index is 13.3. The third kappa shape index (κ3) is 7.00. The van der Waals surface area contributed by atoms with Gasteiger partial charge >= 0.3 is 12.1 Å². The minimum atomic E-state index is -1.05. The van der Waals surface area contributed by atoms with Crippen LogP contribution < -0.4 is 20.3 Å². The predicted octanol–water partition coefficient (Wildman–Crippen LogP) is 4.82. The van der Waals surface area contributed by atoms with E-state index >= 15 is 0 Å². The second-order valence-electron chi connectivity index (χ2n) is 14.1. The van der Waals surface area contributed by atoms with Crippen molar-refractivity contribution in [2.75, 3.05) is 26.6 Å². The van der Waals surface area contributed by atoms with Gasteiger partial charge in [-0.2, -0.15) is 0 Å². The molecule has 1 saturated heterocycles. The Hall–Kier alpha value is -4.48. The van der Waals surface area contributed by atoms with E-state index in [-0.39, 0.29) is 31.5 Å². The molecule has 1 aromatic heterocycles. The molecule has 46 heavy (non-hydrogen) atoms. The number of aromatic nitrogens is 1. The molecule has 12 nitrogen and oxygen atoms in total. The van der Waals surface area contributed by atoms with E-state index in [4.69, 9.17) is 18.9 Å². The average Bonchev–Trinajstić information content (AvgIpc) is 3.68. The van der Waals surface area contributed by atoms with Gasteiger partial charge in [-0.15, -0.1) is 0 Å². The number of fused-ring (bicyclic) bond motifs is 3. The summed E-state index contributed by atoms with van der Waals surface area (Å²) in [4.78, 5) is 55.3. The molecule has 0 saturated carbocycles. The van der Waals surface area contributed by atoms with E-state index in [1.165, 1.54) is 4.90 Å². The van der Waals surface area contributed by atoms with Crippen LogP contribution in [0.1, 0.15) is 66.4 Å². The van der Waals surface area contributed by atoms with Gasteiger partial charge in [0.2, 0.25) is 12.7 Å². The monoisotopic (exact) mass is 637 g/mol. The van der Waals surface area contributed by atoms with Gasteiger partial charge < -0.3 is 39.3 Å². The lowest BCUT2D eigenvalue weighted by molar-refractivity contribution is -0.150. The predicted molar refractivity (Wildman–Crippen MR) is 170 cm³/mol. The van der Waals surface area contributed by atoms with Gasteiger partial charge in [0.25, 0.3) is 5.56 Å². The number of allylic oxidation sites excluding steroid dienone is 4. The Morgan fingerprint density at radius 2 is 1.91 bits per heavy atom. The van der Waals surface area contributed by atoms with Crippen LogP contribution in [0.3, 0.4) is 0 Å². The summed E-state index contributed by atoms with van der Waals surface area (Å²) in [7, 11) is 0. The van der Waals surface area contributed by atoms with Crippen LogP contribution in [0.15, 0.2) is 40.9 Å². The lowest BCUT2D eigenvalue weighted by Crippen LogP contribution is -2.56. The molecule has 2 aromatic rings. The normalized spacial score (nSPS) is 20.2. The molecule has 3 aliphatic rings. The highest BCUT2D eigenvalue weighted by molar-refractivity contribution is 5.91. The summed E-state index contributed by atoms with van der Waals surface area (Å²) in [5.74, 6) is 0.442. The third-order valence-corrected chi connectivity index (χ3v) is 8.56. The zero-order valence-corrected chi connectivity index (χ0v) is 27.2. The number of pyridine rings is 1. The number of carboxylic acid groups (broad SMARTS) is 1. The molecule has 0 bridgehead atoms. The number of H-pyrrole nitrogens is 1. The molecule has 5 rings (SSSR count). The van der Waals surface area contributed by atoms with Crippen LogP contribution in [0, 0.1) is 16.7 Å². The molecule has 3 N–H and O–H groups in total. The first-order valence-corrected chi connectivity index (χ1v) is 15.6. The molecular formula is C34H43N3O9. The highest BCUT2D eigenvalue weighted by atomic mass is 16.7. The zero-order chi connectivity index (χ0) is 33.4. The number of nitrogens with one attached hydrogen (secondary N) is 2. The molecule has 2 amide bonds. The van der Waals surface area contributed by atoms with Gasteiger partial charge in [-0.3, -0.25) is 9.59 Å². The van der Waals surface area contributed by atoms with E-state index in [0.29, 0.717) is 48.4 Å². The molecule has 0 radical (unpaired) electrons. The lowest BCUT2D eigenvalue weighted by atomic mass is 9.85. The van der Waals surface area contributed by atoms with Crippen LogP contribution >= 0.6 is 0 Å². The number of carbonyl (C=O) groups is 3. The summed E-state index contributed by atoms with van der Waals surface area (Å²) in [6, 6.07) is 3.68. The molecule has 12 heteroatoms. The van der Waals surface area contributed by atoms with Gasteiger partial charge in [0, 0.05) is 28.8 Å². The Labute approximate surface area is 267 Å². The molecule has 3 atom stereocenters. The molecule has 1 fully saturated rings. The molecule has 3 heterocycles. The smallest absolute Gasteiger partial charge is 0.407 e. The first-order valence-electron chi connectivity index (χ1n) is 15.6. The van der Waals surface area contributed by atoms with E-state index < -0.39 is 40.9 Å². The number of ether oxygens (including phenoxy) is 4. The fourth-order valence-electron chi connectivity index (χ4n) is 5.84. The lowest BCUT2D eigenvalue weighted by Gasteiger charge is -2.35. The van der Waals surface area contributed by atoms with Gasteiger partial charge in [-0.25, -0.2) is 9.59 Å². The summed E-state index contributed by atoms with van der Waals surface area (Å²) in [6.45, 7) is 12.0. The first kappa shape index (κ1) is 32.9. The number of aromatic amines is 1. The number of benzene rings is 1. The second kappa shape index (κ2) is 12.7. The Kier molecular flexibility index (Phi) is 9.10. The topological polar surface area (TPSA) is 156 Å². The Morgan fingerprint density at radius 1 is 1.15 bits per heavy atom. The van der Waals surface area contributed by atoms with Gasteiger partial charge in [0.15, 0.2) is 11.5 Å². The largest absolute Gasteiger partial charge is 0.497 e. The van der Waals surface area contributed by atoms with E-state index in [2.05, 4.69) is 10.3 Å². The third-order valence-electron chi connectivity index (χ3n) is 8.56. The molecule has 1 aliphatic carbocycles. The molecule has 2 aliphatic heterocycles. The van der Waals surface area contributed by atoms with E-state index in [1.807, 2.05) is 71.9 Å². The van der Waals surface area contributed by atoms with Gasteiger partial charge in [-0.1, -0.05) is 47.6 Å². The summed E-state index contributed by atoms with van der Waals surface area (Å²) in [5.41, 5.74) is 0.353. The van der Waals surface area contributed by atoms with Crippen molar-refractivity contribution >= 4 is 34.4 Å². The minimum absolute atomic E-state index is 0.0101. The van der Waals surface area contributed by atoms with Crippen LogP contribution in [0.5, 0.6) is 11.5 Å². The van der Waals surface area contributed by atoms with Gasteiger partial charge in [-0.05, 0) is 54.5 Å². The van der Waals surface area contributed by atoms with Crippen molar-refractivity contribution in [1.82, 2.24) is 15.2 Å². The van der Waals surface area contributed by atoms with Crippen molar-refractivity contribution in [3.63, 3.8) is 0 Å². The standard InChI is InChI=1S/C34H43N3O9/c1-19-9-10-20(22-14-21-11-12-24-27(46-18-45-24)26(21)35-29(22)38)15-25(19)43-16-34(5,6)17-44-32(42)36-28(33(2,3)4)30(39)37-13-7-8-23(37)31(40)41/h10-12,14-15,19,23,28H,7-9,13,16-18H2,1-6H3,(H,35,38)(H,36,42)(H,40,41)/t19?,23-,28+/m0/s1. The number of carbonyl (C=O) groups excluding carboxylic acids is 2. The highest BCUT2D eigenvalue weighted by Crippen LogP contribution is 2.38. The molecule has 248 valence electrons. The van der Waals surface area contributed by atoms with E-state index in [1.54, 1.807) is 0 Å². The minimum Gasteiger partial charge on any atom is -0.497 e. The Morgan fingerprint density at radius 3 is 2.63 bits per heavy atom. The van der Waals surface area contributed by atoms with E-state index in [9.17, 15) is 24.3 Å². The summed E-state index contributed by atoms with van der Waals surface area (Å²) in [5, 5.41) is 13.0. The number of amides is 2. The summed E-state index contributed by atoms with van der Waals surface area (Å²) < 4.78 is 22.8. The molecular weight excluding hydrogens is 594 g/mol. The molecule has 0 spiro atoms. The number of rotatable bonds is 9. The van der Waals surface area contributed by atoms with Crippen LogP contribution in [0.2, 0.25) is 0 Å². The zero-order valence-electron chi connectivity index (χ0n) is 27.2. The quantitative estimate of drug-likeness (QED) is 0.351. The number of likely N-dealkylation sites (tertiary alicyclic amines) is 1. The summed E-state index contributed by atoms with van der Waals surface area (Å²) >= 11 is 0. The van der Waals surface area contributed by atoms with Crippen molar-refractivity contribution in [3.05, 3.63) is 52.0 Å². The number of hydrogen-bond donors (Lipinski definition) is 3. The fourth-order valence-corrected chi connectivity index (χ4v) is 5.84. The fraction of sp³-hybridized carbons (Fsp3) is 0.529. The van der Waals surface area contributed by atoms with Crippen molar-refractivity contribution in [3.8, 4) is 11.5 Å². The molecule has 1 unspecified atom stereocenters. The molecule has 1 aromatic carbocycles. The first-order chi connectivity index (χ1) is 21.6. The van der Waals surface area contributed by atoms with Gasteiger partial charge in [0.05, 0.1) is 17.9 Å². The van der Waals surface area contributed by atoms with Crippen molar-refractivity contribution in [1.29, 1.82) is 0 Å². The highest BCUT2D eigenvalue weighted by Gasteiger charge is 2.42. The van der Waals surface area contributed by atoms with Crippen LogP contribution in [-0.4, -0.2) is 71.6 Å². The van der Waals surface area contributed by atoms with Gasteiger partial charge in [0.1, 0.15) is 18.7 Å². The van der Waals surface area contributed by atoms with Crippen LogP contribution in [-0.2, 0) is 19.1 Å². The number of alkyl carbamates (subject to hydrolysis) is 1. The number of hydrogen-bond acceptors (Lipinski definition) is 8. The van der Waals surface area contributed by atoms with Crippen LogP contribution in [0.4, 0.5) is 4.79 Å².